The van der Waals surface area contributed by atoms with Crippen molar-refractivity contribution < 1.29 is 4.79 Å². The van der Waals surface area contributed by atoms with Crippen molar-refractivity contribution in [2.45, 2.75) is 6.54 Å². The zero-order valence-corrected chi connectivity index (χ0v) is 11.4. The minimum absolute atomic E-state index is 0.0827. The van der Waals surface area contributed by atoms with Crippen LogP contribution in [0.5, 0.6) is 0 Å². The van der Waals surface area contributed by atoms with Crippen molar-refractivity contribution in [3.8, 4) is 5.69 Å². The van der Waals surface area contributed by atoms with Crippen LogP contribution in [0.25, 0.3) is 5.69 Å². The Labute approximate surface area is 123 Å². The number of amides is 1. The zero-order chi connectivity index (χ0) is 14.2. The fourth-order valence-corrected chi connectivity index (χ4v) is 2.77. The lowest BCUT2D eigenvalue weighted by Crippen LogP contribution is -2.22. The number of benzene rings is 2. The average molecular weight is 274 g/mol. The molecular formula is C18H14N2O. The van der Waals surface area contributed by atoms with E-state index in [0.717, 1.165) is 22.5 Å². The molecule has 0 spiro atoms. The Morgan fingerprint density at radius 1 is 0.762 bits per heavy atom. The number of hydrogen-bond acceptors (Lipinski definition) is 1. The third-order valence-corrected chi connectivity index (χ3v) is 3.89. The van der Waals surface area contributed by atoms with Crippen molar-refractivity contribution in [3.63, 3.8) is 0 Å². The molecule has 3 heteroatoms. The first-order chi connectivity index (χ1) is 10.3. The van der Waals surface area contributed by atoms with E-state index in [4.69, 9.17) is 0 Å². The van der Waals surface area contributed by atoms with Crippen molar-refractivity contribution >= 4 is 11.6 Å². The lowest BCUT2D eigenvalue weighted by Gasteiger charge is -2.16. The van der Waals surface area contributed by atoms with Crippen LogP contribution in [0, 0.1) is 0 Å². The quantitative estimate of drug-likeness (QED) is 0.700. The molecule has 2 heterocycles. The topological polar surface area (TPSA) is 25.2 Å². The second-order valence-electron chi connectivity index (χ2n) is 5.16. The van der Waals surface area contributed by atoms with Crippen LogP contribution in [0.4, 0.5) is 5.69 Å². The second kappa shape index (κ2) is 4.63. The van der Waals surface area contributed by atoms with Crippen LogP contribution >= 0.6 is 0 Å². The van der Waals surface area contributed by atoms with Crippen LogP contribution in [-0.4, -0.2) is 10.5 Å². The van der Waals surface area contributed by atoms with Crippen LogP contribution in [0.3, 0.4) is 0 Å². The molecule has 0 atom stereocenters. The first kappa shape index (κ1) is 12.0. The Balaban J connectivity index is 1.65. The van der Waals surface area contributed by atoms with Gasteiger partial charge in [-0.1, -0.05) is 18.2 Å². The van der Waals surface area contributed by atoms with Gasteiger partial charge in [-0.3, -0.25) is 4.79 Å². The standard InChI is InChI=1S/C18H14N2O/c21-18-17-6-2-1-5-14(17)13-20(18)16-9-7-15(8-10-16)19-11-3-4-12-19/h1-12H,13H2. The predicted molar refractivity (Wildman–Crippen MR) is 82.7 cm³/mol. The number of fused-ring (bicyclic) bond motifs is 1. The van der Waals surface area contributed by atoms with Crippen molar-refractivity contribution in [1.29, 1.82) is 0 Å². The highest BCUT2D eigenvalue weighted by atomic mass is 16.2. The highest BCUT2D eigenvalue weighted by Crippen LogP contribution is 2.28. The molecule has 0 fully saturated rings. The van der Waals surface area contributed by atoms with E-state index in [1.54, 1.807) is 0 Å². The predicted octanol–water partition coefficient (Wildman–Crippen LogP) is 3.64. The van der Waals surface area contributed by atoms with Gasteiger partial charge in [-0.2, -0.15) is 0 Å². The molecule has 3 nitrogen and oxygen atoms in total. The highest BCUT2D eigenvalue weighted by Gasteiger charge is 2.27. The number of anilines is 1. The number of carbonyl (C=O) groups excluding carboxylic acids is 1. The first-order valence-electron chi connectivity index (χ1n) is 6.96. The van der Waals surface area contributed by atoms with E-state index in [2.05, 4.69) is 0 Å². The fourth-order valence-electron chi connectivity index (χ4n) is 2.77. The van der Waals surface area contributed by atoms with Gasteiger partial charge in [-0.05, 0) is 48.0 Å². The molecule has 0 radical (unpaired) electrons. The summed E-state index contributed by atoms with van der Waals surface area (Å²) >= 11 is 0. The molecule has 1 aliphatic heterocycles. The first-order valence-corrected chi connectivity index (χ1v) is 6.96. The van der Waals surface area contributed by atoms with E-state index in [1.807, 2.05) is 82.5 Å². The van der Waals surface area contributed by atoms with Gasteiger partial charge in [0.2, 0.25) is 0 Å². The maximum Gasteiger partial charge on any atom is 0.258 e. The molecule has 2 aromatic carbocycles. The van der Waals surface area contributed by atoms with Gasteiger partial charge in [0.1, 0.15) is 0 Å². The Hall–Kier alpha value is -2.81. The smallest absolute Gasteiger partial charge is 0.258 e. The minimum Gasteiger partial charge on any atom is -0.324 e. The third kappa shape index (κ3) is 1.94. The van der Waals surface area contributed by atoms with Gasteiger partial charge in [0.05, 0.1) is 6.54 Å². The Morgan fingerprint density at radius 2 is 1.43 bits per heavy atom. The number of hydrogen-bond donors (Lipinski definition) is 0. The van der Waals surface area contributed by atoms with Crippen LogP contribution in [0.2, 0.25) is 0 Å². The highest BCUT2D eigenvalue weighted by molar-refractivity contribution is 6.09. The number of nitrogens with zero attached hydrogens (tertiary/aromatic N) is 2. The normalized spacial score (nSPS) is 13.5. The van der Waals surface area contributed by atoms with Gasteiger partial charge in [0.25, 0.3) is 5.91 Å². The summed E-state index contributed by atoms with van der Waals surface area (Å²) in [4.78, 5) is 14.3. The van der Waals surface area contributed by atoms with Gasteiger partial charge < -0.3 is 9.47 Å². The van der Waals surface area contributed by atoms with Crippen molar-refractivity contribution in [3.05, 3.63) is 84.2 Å². The van der Waals surface area contributed by atoms with Crippen molar-refractivity contribution in [2.75, 3.05) is 4.90 Å². The summed E-state index contributed by atoms with van der Waals surface area (Å²) in [6, 6.07) is 19.9. The Morgan fingerprint density at radius 3 is 2.14 bits per heavy atom. The Bertz CT molecular complexity index is 788. The summed E-state index contributed by atoms with van der Waals surface area (Å²) in [5.41, 5.74) is 3.93. The molecule has 0 saturated carbocycles. The van der Waals surface area contributed by atoms with Gasteiger partial charge in [0, 0.05) is 29.3 Å². The maximum absolute atomic E-state index is 12.4. The van der Waals surface area contributed by atoms with Gasteiger partial charge in [-0.15, -0.1) is 0 Å². The van der Waals surface area contributed by atoms with Crippen LogP contribution in [-0.2, 0) is 6.54 Å². The summed E-state index contributed by atoms with van der Waals surface area (Å²) < 4.78 is 2.05. The monoisotopic (exact) mass is 274 g/mol. The molecule has 0 unspecified atom stereocenters. The molecule has 1 amide bonds. The molecule has 3 aromatic rings. The van der Waals surface area contributed by atoms with Gasteiger partial charge in [-0.25, -0.2) is 0 Å². The molecule has 21 heavy (non-hydrogen) atoms. The van der Waals surface area contributed by atoms with Gasteiger partial charge in [0.15, 0.2) is 0 Å². The maximum atomic E-state index is 12.4. The summed E-state index contributed by atoms with van der Waals surface area (Å²) in [6.07, 6.45) is 4.01. The SMILES string of the molecule is O=C1c2ccccc2CN1c1ccc(-n2cccc2)cc1. The van der Waals surface area contributed by atoms with Crippen LogP contribution < -0.4 is 4.90 Å². The lowest BCUT2D eigenvalue weighted by atomic mass is 10.1. The largest absolute Gasteiger partial charge is 0.324 e. The molecule has 1 aromatic heterocycles. The number of aromatic nitrogens is 1. The molecular weight excluding hydrogens is 260 g/mol. The molecule has 0 bridgehead atoms. The minimum atomic E-state index is 0.0827. The zero-order valence-electron chi connectivity index (χ0n) is 11.4. The van der Waals surface area contributed by atoms with E-state index in [-0.39, 0.29) is 5.91 Å². The van der Waals surface area contributed by atoms with Crippen LogP contribution in [0.15, 0.2) is 73.1 Å². The van der Waals surface area contributed by atoms with E-state index < -0.39 is 0 Å². The molecule has 1 aliphatic rings. The summed E-state index contributed by atoms with van der Waals surface area (Å²) in [5.74, 6) is 0.0827. The van der Waals surface area contributed by atoms with Crippen LogP contribution in [0.1, 0.15) is 15.9 Å². The lowest BCUT2D eigenvalue weighted by molar-refractivity contribution is 0.0996. The van der Waals surface area contributed by atoms with E-state index in [9.17, 15) is 4.79 Å². The molecule has 4 rings (SSSR count). The molecule has 0 aliphatic carbocycles. The Kier molecular flexibility index (Phi) is 2.64. The summed E-state index contributed by atoms with van der Waals surface area (Å²) in [6.45, 7) is 0.651. The number of rotatable bonds is 2. The van der Waals surface area contributed by atoms with E-state index >= 15 is 0 Å². The van der Waals surface area contributed by atoms with Gasteiger partial charge >= 0.3 is 0 Å². The van der Waals surface area contributed by atoms with Crippen molar-refractivity contribution in [2.24, 2.45) is 0 Å². The second-order valence-corrected chi connectivity index (χ2v) is 5.16. The molecule has 102 valence electrons. The van der Waals surface area contributed by atoms with E-state index in [1.165, 1.54) is 0 Å². The van der Waals surface area contributed by atoms with E-state index in [0.29, 0.717) is 6.54 Å². The molecule has 0 N–H and O–H groups in total. The summed E-state index contributed by atoms with van der Waals surface area (Å²) in [5, 5.41) is 0. The average Bonchev–Trinajstić information content (AvgIpc) is 3.17. The fraction of sp³-hybridized carbons (Fsp3) is 0.0556. The summed E-state index contributed by atoms with van der Waals surface area (Å²) in [7, 11) is 0. The third-order valence-electron chi connectivity index (χ3n) is 3.89. The van der Waals surface area contributed by atoms with Crippen molar-refractivity contribution in [1.82, 2.24) is 4.57 Å². The molecule has 0 saturated heterocycles. The number of carbonyl (C=O) groups is 1.